The van der Waals surface area contributed by atoms with Crippen LogP contribution in [0.4, 0.5) is 5.69 Å². The van der Waals surface area contributed by atoms with Gasteiger partial charge in [0.25, 0.3) is 0 Å². The topological polar surface area (TPSA) is 41.5 Å². The molecular formula is C26H23Cl2NO2. The van der Waals surface area contributed by atoms with Crippen LogP contribution in [0, 0.1) is 0 Å². The molecule has 2 atom stereocenters. The van der Waals surface area contributed by atoms with E-state index >= 15 is 0 Å². The third-order valence-electron chi connectivity index (χ3n) is 5.39. The minimum Gasteiger partial charge on any atom is -0.497 e. The first-order valence-electron chi connectivity index (χ1n) is 10.1. The molecule has 0 saturated heterocycles. The van der Waals surface area contributed by atoms with Crippen LogP contribution in [0.25, 0.3) is 10.8 Å². The van der Waals surface area contributed by atoms with Gasteiger partial charge in [0.2, 0.25) is 0 Å². The monoisotopic (exact) mass is 451 g/mol. The van der Waals surface area contributed by atoms with E-state index in [9.17, 15) is 5.11 Å². The zero-order chi connectivity index (χ0) is 21.8. The van der Waals surface area contributed by atoms with Gasteiger partial charge < -0.3 is 15.2 Å². The summed E-state index contributed by atoms with van der Waals surface area (Å²) in [6.07, 6.45) is -0.197. The molecular weight excluding hydrogens is 429 g/mol. The van der Waals surface area contributed by atoms with Gasteiger partial charge in [-0.15, -0.1) is 0 Å². The number of hydrogen-bond acceptors (Lipinski definition) is 3. The normalized spacial score (nSPS) is 13.0. The molecule has 4 aromatic carbocycles. The maximum Gasteiger partial charge on any atom is 0.119 e. The number of halogens is 2. The summed E-state index contributed by atoms with van der Waals surface area (Å²) >= 11 is 12.4. The maximum absolute atomic E-state index is 11.1. The minimum absolute atomic E-state index is 0.176. The summed E-state index contributed by atoms with van der Waals surface area (Å²) in [5.74, 6) is 0.785. The number of fused-ring (bicyclic) bond motifs is 1. The molecule has 4 rings (SSSR count). The molecule has 2 unspecified atom stereocenters. The number of anilines is 1. The van der Waals surface area contributed by atoms with Gasteiger partial charge in [-0.1, -0.05) is 65.7 Å². The van der Waals surface area contributed by atoms with E-state index in [1.165, 1.54) is 0 Å². The largest absolute Gasteiger partial charge is 0.497 e. The Balaban J connectivity index is 1.62. The second kappa shape index (κ2) is 9.61. The molecule has 0 aromatic heterocycles. The van der Waals surface area contributed by atoms with E-state index < -0.39 is 6.10 Å². The van der Waals surface area contributed by atoms with Gasteiger partial charge in [-0.3, -0.25) is 0 Å². The van der Waals surface area contributed by atoms with Gasteiger partial charge in [0.15, 0.2) is 0 Å². The predicted octanol–water partition coefficient (Wildman–Crippen LogP) is 7.43. The van der Waals surface area contributed by atoms with Gasteiger partial charge in [-0.05, 0) is 64.4 Å². The highest BCUT2D eigenvalue weighted by molar-refractivity contribution is 6.42. The van der Waals surface area contributed by atoms with Crippen LogP contribution in [0.5, 0.6) is 5.75 Å². The number of nitrogens with one attached hydrogen (secondary N) is 1. The average molecular weight is 452 g/mol. The molecule has 0 fully saturated rings. The summed E-state index contributed by atoms with van der Waals surface area (Å²) in [7, 11) is 1.64. The van der Waals surface area contributed by atoms with Crippen molar-refractivity contribution < 1.29 is 9.84 Å². The van der Waals surface area contributed by atoms with Gasteiger partial charge in [0.05, 0.1) is 29.3 Å². The van der Waals surface area contributed by atoms with Crippen LogP contribution in [-0.2, 0) is 0 Å². The molecule has 0 amide bonds. The summed E-state index contributed by atoms with van der Waals surface area (Å²) in [5.41, 5.74) is 2.74. The highest BCUT2D eigenvalue weighted by Gasteiger charge is 2.19. The Labute approximate surface area is 192 Å². The van der Waals surface area contributed by atoms with Gasteiger partial charge in [0, 0.05) is 12.1 Å². The smallest absolute Gasteiger partial charge is 0.119 e. The Bertz CT molecular complexity index is 1180. The second-order valence-electron chi connectivity index (χ2n) is 7.46. The van der Waals surface area contributed by atoms with Crippen molar-refractivity contribution in [2.45, 2.75) is 18.6 Å². The molecule has 4 aromatic rings. The highest BCUT2D eigenvalue weighted by Crippen LogP contribution is 2.34. The molecule has 0 saturated carbocycles. The fourth-order valence-electron chi connectivity index (χ4n) is 3.67. The first-order chi connectivity index (χ1) is 15.0. The molecule has 0 aliphatic heterocycles. The van der Waals surface area contributed by atoms with Crippen molar-refractivity contribution >= 4 is 39.7 Å². The van der Waals surface area contributed by atoms with Gasteiger partial charge >= 0.3 is 0 Å². The molecule has 3 nitrogen and oxygen atoms in total. The van der Waals surface area contributed by atoms with Crippen molar-refractivity contribution in [2.75, 3.05) is 12.4 Å². The van der Waals surface area contributed by atoms with Crippen molar-refractivity contribution in [2.24, 2.45) is 0 Å². The standard InChI is InChI=1S/C26H23Cl2NO2/c1-31-22-11-9-21(10-12-22)29-25(19-8-13-23(27)24(28)15-19)16-26(30)20-7-6-17-4-2-3-5-18(17)14-20/h2-15,25-26,29-30H,16H2,1H3. The number of aliphatic hydroxyl groups excluding tert-OH is 1. The lowest BCUT2D eigenvalue weighted by molar-refractivity contribution is 0.161. The molecule has 0 aliphatic carbocycles. The zero-order valence-corrected chi connectivity index (χ0v) is 18.6. The lowest BCUT2D eigenvalue weighted by atomic mass is 9.95. The molecule has 0 aliphatic rings. The molecule has 158 valence electrons. The molecule has 0 heterocycles. The number of hydrogen-bond donors (Lipinski definition) is 2. The van der Waals surface area contributed by atoms with Crippen molar-refractivity contribution in [3.8, 4) is 5.75 Å². The first-order valence-corrected chi connectivity index (χ1v) is 10.8. The Morgan fingerprint density at radius 1 is 0.806 bits per heavy atom. The summed E-state index contributed by atoms with van der Waals surface area (Å²) in [6, 6.07) is 27.3. The van der Waals surface area contributed by atoms with E-state index in [1.807, 2.05) is 66.7 Å². The van der Waals surface area contributed by atoms with Crippen LogP contribution in [0.3, 0.4) is 0 Å². The van der Waals surface area contributed by atoms with Crippen LogP contribution in [0.2, 0.25) is 10.0 Å². The summed E-state index contributed by atoms with van der Waals surface area (Å²) in [4.78, 5) is 0. The number of aliphatic hydroxyl groups is 1. The van der Waals surface area contributed by atoms with E-state index in [0.717, 1.165) is 33.3 Å². The van der Waals surface area contributed by atoms with Gasteiger partial charge in [-0.25, -0.2) is 0 Å². The van der Waals surface area contributed by atoms with Gasteiger partial charge in [-0.2, -0.15) is 0 Å². The van der Waals surface area contributed by atoms with Crippen molar-refractivity contribution in [3.05, 3.63) is 106 Å². The third-order valence-corrected chi connectivity index (χ3v) is 6.13. The number of methoxy groups -OCH3 is 1. The van der Waals surface area contributed by atoms with Gasteiger partial charge in [0.1, 0.15) is 5.75 Å². The quantitative estimate of drug-likeness (QED) is 0.306. The van der Waals surface area contributed by atoms with E-state index in [2.05, 4.69) is 17.4 Å². The molecule has 0 bridgehead atoms. The van der Waals surface area contributed by atoms with E-state index in [0.29, 0.717) is 16.5 Å². The van der Waals surface area contributed by atoms with Crippen molar-refractivity contribution in [1.82, 2.24) is 0 Å². The van der Waals surface area contributed by atoms with E-state index in [1.54, 1.807) is 13.2 Å². The Hall–Kier alpha value is -2.72. The molecule has 0 spiro atoms. The van der Waals surface area contributed by atoms with Crippen LogP contribution in [0.1, 0.15) is 29.7 Å². The second-order valence-corrected chi connectivity index (χ2v) is 8.27. The Morgan fingerprint density at radius 2 is 1.52 bits per heavy atom. The van der Waals surface area contributed by atoms with E-state index in [4.69, 9.17) is 27.9 Å². The third kappa shape index (κ3) is 5.13. The van der Waals surface area contributed by atoms with Crippen LogP contribution in [-0.4, -0.2) is 12.2 Å². The zero-order valence-electron chi connectivity index (χ0n) is 17.1. The Morgan fingerprint density at radius 3 is 2.23 bits per heavy atom. The molecule has 5 heteroatoms. The molecule has 0 radical (unpaired) electrons. The van der Waals surface area contributed by atoms with Crippen LogP contribution in [0.15, 0.2) is 84.9 Å². The number of ether oxygens (including phenoxy) is 1. The van der Waals surface area contributed by atoms with Crippen molar-refractivity contribution in [3.63, 3.8) is 0 Å². The molecule has 31 heavy (non-hydrogen) atoms. The lowest BCUT2D eigenvalue weighted by Gasteiger charge is -2.24. The summed E-state index contributed by atoms with van der Waals surface area (Å²) in [6.45, 7) is 0. The summed E-state index contributed by atoms with van der Waals surface area (Å²) in [5, 5.41) is 17.8. The highest BCUT2D eigenvalue weighted by atomic mass is 35.5. The SMILES string of the molecule is COc1ccc(NC(CC(O)c2ccc3ccccc3c2)c2ccc(Cl)c(Cl)c2)cc1. The van der Waals surface area contributed by atoms with Crippen LogP contribution < -0.4 is 10.1 Å². The maximum atomic E-state index is 11.1. The lowest BCUT2D eigenvalue weighted by Crippen LogP contribution is -2.15. The fraction of sp³-hybridized carbons (Fsp3) is 0.154. The van der Waals surface area contributed by atoms with Crippen molar-refractivity contribution in [1.29, 1.82) is 0 Å². The minimum atomic E-state index is -0.658. The fourth-order valence-corrected chi connectivity index (χ4v) is 3.98. The summed E-state index contributed by atoms with van der Waals surface area (Å²) < 4.78 is 5.25. The van der Waals surface area contributed by atoms with Crippen LogP contribution >= 0.6 is 23.2 Å². The number of rotatable bonds is 7. The number of benzene rings is 4. The molecule has 2 N–H and O–H groups in total. The predicted molar refractivity (Wildman–Crippen MR) is 129 cm³/mol. The van der Waals surface area contributed by atoms with E-state index in [-0.39, 0.29) is 6.04 Å². The Kier molecular flexibility index (Phi) is 6.67. The average Bonchev–Trinajstić information content (AvgIpc) is 2.80. The first kappa shape index (κ1) is 21.5.